The molecule has 1 aromatic carbocycles. The fraction of sp³-hybridized carbons (Fsp3) is 0.565. The molecule has 178 valence electrons. The van der Waals surface area contributed by atoms with E-state index in [1.165, 1.54) is 6.92 Å². The van der Waals surface area contributed by atoms with Gasteiger partial charge in [-0.1, -0.05) is 19.3 Å². The average molecular weight is 459 g/mol. The Morgan fingerprint density at radius 1 is 1.09 bits per heavy atom. The van der Waals surface area contributed by atoms with Crippen molar-refractivity contribution in [2.45, 2.75) is 56.8 Å². The molecule has 0 radical (unpaired) electrons. The van der Waals surface area contributed by atoms with Crippen molar-refractivity contribution in [2.75, 3.05) is 31.2 Å². The smallest absolute Gasteiger partial charge is 0.304 e. The first-order valence-electron chi connectivity index (χ1n) is 11.4. The Hall–Kier alpha value is -3.14. The van der Waals surface area contributed by atoms with E-state index in [1.54, 1.807) is 12.1 Å². The molecule has 10 nitrogen and oxygen atoms in total. The van der Waals surface area contributed by atoms with Crippen molar-refractivity contribution >= 4 is 29.4 Å². The number of hydrogen-bond acceptors (Lipinski definition) is 7. The maximum Gasteiger partial charge on any atom is 0.304 e. The van der Waals surface area contributed by atoms with Crippen LogP contribution in [0.2, 0.25) is 0 Å². The molecule has 1 saturated carbocycles. The second-order valence-corrected chi connectivity index (χ2v) is 8.73. The molecule has 3 aliphatic rings. The molecule has 1 aromatic rings. The molecule has 2 atom stereocenters. The van der Waals surface area contributed by atoms with Gasteiger partial charge in [0.05, 0.1) is 13.2 Å². The van der Waals surface area contributed by atoms with Crippen LogP contribution in [0.4, 0.5) is 5.69 Å². The Morgan fingerprint density at radius 3 is 2.36 bits per heavy atom. The number of amides is 3. The standard InChI is InChI=1S/C23H30N4O6/c1-15(28)33-21-18(20(30)25-21)24-22(31)23(9-3-2-4-10-23)26-19(29)16-5-7-17(8-6-16)27-11-13-32-14-12-27/h5-8,18,21H,2-4,9-14H2,1H3,(H,24,31)(H,25,30)(H,26,29). The summed E-state index contributed by atoms with van der Waals surface area (Å²) in [5, 5.41) is 8.08. The van der Waals surface area contributed by atoms with E-state index < -0.39 is 35.6 Å². The number of benzene rings is 1. The van der Waals surface area contributed by atoms with Crippen molar-refractivity contribution in [3.05, 3.63) is 29.8 Å². The van der Waals surface area contributed by atoms with Gasteiger partial charge in [-0.2, -0.15) is 0 Å². The number of anilines is 1. The summed E-state index contributed by atoms with van der Waals surface area (Å²) in [6.45, 7) is 4.20. The van der Waals surface area contributed by atoms with Gasteiger partial charge in [0.15, 0.2) is 6.04 Å². The van der Waals surface area contributed by atoms with Crippen molar-refractivity contribution in [3.8, 4) is 0 Å². The van der Waals surface area contributed by atoms with Crippen LogP contribution in [0.3, 0.4) is 0 Å². The highest BCUT2D eigenvalue weighted by Crippen LogP contribution is 2.30. The summed E-state index contributed by atoms with van der Waals surface area (Å²) >= 11 is 0. The fourth-order valence-corrected chi connectivity index (χ4v) is 4.55. The molecule has 2 unspecified atom stereocenters. The molecule has 3 fully saturated rings. The minimum Gasteiger partial charge on any atom is -0.439 e. The summed E-state index contributed by atoms with van der Waals surface area (Å²) in [5.41, 5.74) is 0.367. The largest absolute Gasteiger partial charge is 0.439 e. The van der Waals surface area contributed by atoms with Gasteiger partial charge in [0.25, 0.3) is 11.8 Å². The van der Waals surface area contributed by atoms with Crippen LogP contribution in [-0.4, -0.2) is 67.8 Å². The Balaban J connectivity index is 1.44. The molecule has 3 N–H and O–H groups in total. The van der Waals surface area contributed by atoms with Crippen molar-refractivity contribution in [1.82, 2.24) is 16.0 Å². The van der Waals surface area contributed by atoms with E-state index in [0.29, 0.717) is 31.6 Å². The SMILES string of the molecule is CC(=O)OC1NC(=O)C1NC(=O)C1(NC(=O)c2ccc(N3CCOCC3)cc2)CCCCC1. The highest BCUT2D eigenvalue weighted by atomic mass is 16.6. The molecular formula is C23H30N4O6. The fourth-order valence-electron chi connectivity index (χ4n) is 4.55. The van der Waals surface area contributed by atoms with E-state index in [1.807, 2.05) is 12.1 Å². The van der Waals surface area contributed by atoms with Gasteiger partial charge in [0, 0.05) is 31.3 Å². The number of esters is 1. The maximum absolute atomic E-state index is 13.3. The van der Waals surface area contributed by atoms with Gasteiger partial charge in [0.1, 0.15) is 5.54 Å². The van der Waals surface area contributed by atoms with Crippen molar-refractivity contribution in [1.29, 1.82) is 0 Å². The van der Waals surface area contributed by atoms with Crippen LogP contribution in [0, 0.1) is 0 Å². The molecule has 10 heteroatoms. The van der Waals surface area contributed by atoms with E-state index in [2.05, 4.69) is 20.9 Å². The first-order valence-corrected chi connectivity index (χ1v) is 11.4. The van der Waals surface area contributed by atoms with Gasteiger partial charge in [-0.15, -0.1) is 0 Å². The van der Waals surface area contributed by atoms with Crippen LogP contribution in [0.15, 0.2) is 24.3 Å². The van der Waals surface area contributed by atoms with Crippen molar-refractivity contribution in [2.24, 2.45) is 0 Å². The van der Waals surface area contributed by atoms with Gasteiger partial charge in [-0.25, -0.2) is 0 Å². The zero-order valence-electron chi connectivity index (χ0n) is 18.7. The summed E-state index contributed by atoms with van der Waals surface area (Å²) in [6.07, 6.45) is 2.59. The maximum atomic E-state index is 13.3. The Kier molecular flexibility index (Phi) is 6.83. The summed E-state index contributed by atoms with van der Waals surface area (Å²) < 4.78 is 10.4. The van der Waals surface area contributed by atoms with E-state index in [9.17, 15) is 19.2 Å². The molecule has 2 saturated heterocycles. The summed E-state index contributed by atoms with van der Waals surface area (Å²) in [5.74, 6) is -1.75. The van der Waals surface area contributed by atoms with Gasteiger partial charge in [-0.3, -0.25) is 19.2 Å². The number of ether oxygens (including phenoxy) is 2. The first-order chi connectivity index (χ1) is 15.9. The number of morpholine rings is 1. The molecule has 0 bridgehead atoms. The quantitative estimate of drug-likeness (QED) is 0.418. The number of carbonyl (C=O) groups is 4. The third-order valence-electron chi connectivity index (χ3n) is 6.45. The summed E-state index contributed by atoms with van der Waals surface area (Å²) in [7, 11) is 0. The number of β-lactam (4-membered cyclic amide) rings is 1. The number of nitrogens with one attached hydrogen (secondary N) is 3. The minimum atomic E-state index is -1.12. The third-order valence-corrected chi connectivity index (χ3v) is 6.45. The molecule has 2 heterocycles. The lowest BCUT2D eigenvalue weighted by Crippen LogP contribution is -2.73. The van der Waals surface area contributed by atoms with Crippen LogP contribution in [0.25, 0.3) is 0 Å². The van der Waals surface area contributed by atoms with Crippen LogP contribution >= 0.6 is 0 Å². The lowest BCUT2D eigenvalue weighted by molar-refractivity contribution is -0.165. The molecule has 0 spiro atoms. The zero-order chi connectivity index (χ0) is 23.4. The average Bonchev–Trinajstić information content (AvgIpc) is 2.83. The van der Waals surface area contributed by atoms with Crippen LogP contribution < -0.4 is 20.9 Å². The van der Waals surface area contributed by atoms with E-state index >= 15 is 0 Å². The van der Waals surface area contributed by atoms with E-state index in [0.717, 1.165) is 38.0 Å². The van der Waals surface area contributed by atoms with Crippen molar-refractivity contribution < 1.29 is 28.7 Å². The van der Waals surface area contributed by atoms with Crippen molar-refractivity contribution in [3.63, 3.8) is 0 Å². The van der Waals surface area contributed by atoms with Crippen LogP contribution in [0.5, 0.6) is 0 Å². The minimum absolute atomic E-state index is 0.338. The number of nitrogens with zero attached hydrogens (tertiary/aromatic N) is 1. The van der Waals surface area contributed by atoms with Crippen LogP contribution in [0.1, 0.15) is 49.4 Å². The number of hydrogen-bond donors (Lipinski definition) is 3. The molecule has 2 aliphatic heterocycles. The topological polar surface area (TPSA) is 126 Å². The first kappa shape index (κ1) is 23.0. The summed E-state index contributed by atoms with van der Waals surface area (Å²) in [4.78, 5) is 51.7. The number of carbonyl (C=O) groups excluding carboxylic acids is 4. The van der Waals surface area contributed by atoms with Gasteiger partial charge >= 0.3 is 5.97 Å². The lowest BCUT2D eigenvalue weighted by atomic mass is 9.80. The summed E-state index contributed by atoms with van der Waals surface area (Å²) in [6, 6.07) is 6.34. The predicted octanol–water partition coefficient (Wildman–Crippen LogP) is 0.460. The Morgan fingerprint density at radius 2 is 1.76 bits per heavy atom. The second-order valence-electron chi connectivity index (χ2n) is 8.73. The molecule has 0 aromatic heterocycles. The van der Waals surface area contributed by atoms with Gasteiger partial charge in [0.2, 0.25) is 12.1 Å². The molecule has 1 aliphatic carbocycles. The third kappa shape index (κ3) is 5.11. The molecule has 4 rings (SSSR count). The molecular weight excluding hydrogens is 428 g/mol. The highest BCUT2D eigenvalue weighted by Gasteiger charge is 2.48. The predicted molar refractivity (Wildman–Crippen MR) is 118 cm³/mol. The van der Waals surface area contributed by atoms with Gasteiger partial charge < -0.3 is 30.3 Å². The zero-order valence-corrected chi connectivity index (χ0v) is 18.7. The van der Waals surface area contributed by atoms with Gasteiger partial charge in [-0.05, 0) is 37.1 Å². The number of rotatable bonds is 6. The van der Waals surface area contributed by atoms with Crippen LogP contribution in [-0.2, 0) is 23.9 Å². The lowest BCUT2D eigenvalue weighted by Gasteiger charge is -2.41. The molecule has 3 amide bonds. The normalized spacial score (nSPS) is 24.2. The monoisotopic (exact) mass is 458 g/mol. The second kappa shape index (κ2) is 9.78. The highest BCUT2D eigenvalue weighted by molar-refractivity contribution is 6.01. The Bertz CT molecular complexity index is 906. The Labute approximate surface area is 192 Å². The van der Waals surface area contributed by atoms with E-state index in [4.69, 9.17) is 9.47 Å². The van der Waals surface area contributed by atoms with E-state index in [-0.39, 0.29) is 5.91 Å². The molecule has 33 heavy (non-hydrogen) atoms.